The monoisotopic (exact) mass is 571 g/mol. The van der Waals surface area contributed by atoms with Crippen LogP contribution in [-0.4, -0.2) is 28.2 Å². The molecule has 3 amide bonds. The summed E-state index contributed by atoms with van der Waals surface area (Å²) in [5.74, 6) is 0.0739. The van der Waals surface area contributed by atoms with Crippen LogP contribution in [0.15, 0.2) is 46.9 Å². The van der Waals surface area contributed by atoms with Gasteiger partial charge < -0.3 is 10.6 Å². The number of halogens is 1. The molecule has 0 aliphatic rings. The maximum Gasteiger partial charge on any atom is 0.319 e. The first-order valence-electron chi connectivity index (χ1n) is 12.2. The first-order chi connectivity index (χ1) is 17.1. The molecule has 0 saturated carbocycles. The minimum absolute atomic E-state index is 0.0851. The van der Waals surface area contributed by atoms with E-state index in [9.17, 15) is 9.59 Å². The van der Waals surface area contributed by atoms with Crippen LogP contribution in [0.1, 0.15) is 70.9 Å². The van der Waals surface area contributed by atoms with Gasteiger partial charge in [0.2, 0.25) is 11.0 Å². The Morgan fingerprint density at radius 3 is 2.17 bits per heavy atom. The van der Waals surface area contributed by atoms with E-state index in [1.54, 1.807) is 0 Å². The summed E-state index contributed by atoms with van der Waals surface area (Å²) < 4.78 is 0.937. The highest BCUT2D eigenvalue weighted by molar-refractivity contribution is 9.10. The van der Waals surface area contributed by atoms with Gasteiger partial charge in [-0.05, 0) is 41.0 Å². The summed E-state index contributed by atoms with van der Waals surface area (Å²) in [5, 5.41) is 18.2. The molecule has 2 unspecified atom stereocenters. The fourth-order valence-corrected chi connectivity index (χ4v) is 5.03. The predicted octanol–water partition coefficient (Wildman–Crippen LogP) is 7.39. The van der Waals surface area contributed by atoms with Crippen LogP contribution in [-0.2, 0) is 4.79 Å². The SMILES string of the molecule is CCC(C)C(NC(=O)Nc1c(C(C)C)cccc1C(C)C)C(=O)Nc1nnc(-c2cccc(Br)c2)s1. The largest absolute Gasteiger partial charge is 0.326 e. The lowest BCUT2D eigenvalue weighted by Crippen LogP contribution is -2.49. The Hall–Kier alpha value is -2.78. The summed E-state index contributed by atoms with van der Waals surface area (Å²) in [7, 11) is 0. The first kappa shape index (κ1) is 27.8. The van der Waals surface area contributed by atoms with Crippen molar-refractivity contribution >= 4 is 50.0 Å². The summed E-state index contributed by atoms with van der Waals surface area (Å²) in [6.45, 7) is 12.3. The molecule has 0 fully saturated rings. The summed E-state index contributed by atoms with van der Waals surface area (Å²) in [6, 6.07) is 12.7. The molecule has 3 N–H and O–H groups in total. The van der Waals surface area contributed by atoms with E-state index < -0.39 is 12.1 Å². The maximum absolute atomic E-state index is 13.2. The molecule has 1 aromatic heterocycles. The van der Waals surface area contributed by atoms with E-state index in [4.69, 9.17) is 0 Å². The molecule has 36 heavy (non-hydrogen) atoms. The number of hydrogen-bond acceptors (Lipinski definition) is 5. The fraction of sp³-hybridized carbons (Fsp3) is 0.407. The van der Waals surface area contributed by atoms with Crippen molar-refractivity contribution in [3.63, 3.8) is 0 Å². The Bertz CT molecular complexity index is 1180. The van der Waals surface area contributed by atoms with Crippen molar-refractivity contribution in [1.82, 2.24) is 15.5 Å². The highest BCUT2D eigenvalue weighted by Gasteiger charge is 2.28. The van der Waals surface area contributed by atoms with Crippen molar-refractivity contribution in [3.05, 3.63) is 58.1 Å². The molecule has 3 rings (SSSR count). The fourth-order valence-electron chi connectivity index (χ4n) is 3.88. The van der Waals surface area contributed by atoms with Gasteiger partial charge >= 0.3 is 6.03 Å². The number of nitrogens with zero attached hydrogens (tertiary/aromatic N) is 2. The third kappa shape index (κ3) is 6.91. The van der Waals surface area contributed by atoms with Crippen molar-refractivity contribution in [2.45, 2.75) is 65.8 Å². The van der Waals surface area contributed by atoms with Crippen LogP contribution < -0.4 is 16.0 Å². The Morgan fingerprint density at radius 1 is 0.944 bits per heavy atom. The lowest BCUT2D eigenvalue weighted by Gasteiger charge is -2.25. The highest BCUT2D eigenvalue weighted by atomic mass is 79.9. The molecule has 2 atom stereocenters. The predicted molar refractivity (Wildman–Crippen MR) is 152 cm³/mol. The molecule has 0 saturated heterocycles. The van der Waals surface area contributed by atoms with Gasteiger partial charge in [-0.2, -0.15) is 0 Å². The van der Waals surface area contributed by atoms with Gasteiger partial charge in [0, 0.05) is 15.7 Å². The maximum atomic E-state index is 13.2. The second kappa shape index (κ2) is 12.5. The summed E-state index contributed by atoms with van der Waals surface area (Å²) in [5.41, 5.74) is 3.85. The minimum Gasteiger partial charge on any atom is -0.326 e. The number of urea groups is 1. The van der Waals surface area contributed by atoms with Crippen LogP contribution in [0.2, 0.25) is 0 Å². The van der Waals surface area contributed by atoms with E-state index >= 15 is 0 Å². The first-order valence-corrected chi connectivity index (χ1v) is 13.8. The Kier molecular flexibility index (Phi) is 9.62. The molecule has 192 valence electrons. The Labute approximate surface area is 225 Å². The van der Waals surface area contributed by atoms with Crippen LogP contribution in [0, 0.1) is 5.92 Å². The molecule has 0 spiro atoms. The number of nitrogens with one attached hydrogen (secondary N) is 3. The molecule has 1 heterocycles. The third-order valence-corrected chi connectivity index (χ3v) is 7.50. The Balaban J connectivity index is 1.76. The van der Waals surface area contributed by atoms with Crippen LogP contribution in [0.3, 0.4) is 0 Å². The molecular weight excluding hydrogens is 538 g/mol. The zero-order valence-corrected chi connectivity index (χ0v) is 24.0. The minimum atomic E-state index is -0.734. The van der Waals surface area contributed by atoms with E-state index in [0.717, 1.165) is 33.3 Å². The Morgan fingerprint density at radius 2 is 1.58 bits per heavy atom. The second-order valence-electron chi connectivity index (χ2n) is 9.49. The van der Waals surface area contributed by atoms with Crippen LogP contribution in [0.25, 0.3) is 10.6 Å². The van der Waals surface area contributed by atoms with Crippen molar-refractivity contribution in [1.29, 1.82) is 0 Å². The summed E-state index contributed by atoms with van der Waals surface area (Å²) >= 11 is 4.75. The normalized spacial score (nSPS) is 12.9. The van der Waals surface area contributed by atoms with Gasteiger partial charge in [-0.3, -0.25) is 10.1 Å². The quantitative estimate of drug-likeness (QED) is 0.249. The van der Waals surface area contributed by atoms with Gasteiger partial charge in [-0.25, -0.2) is 4.79 Å². The molecule has 2 aromatic carbocycles. The van der Waals surface area contributed by atoms with E-state index in [1.165, 1.54) is 11.3 Å². The van der Waals surface area contributed by atoms with E-state index in [-0.39, 0.29) is 23.7 Å². The standard InChI is InChI=1S/C27H34BrN5O2S/c1-7-17(6)22(24(34)31-27-33-32-25(36-27)18-10-8-11-19(28)14-18)29-26(35)30-23-20(15(2)3)12-9-13-21(23)16(4)5/h8-17,22H,7H2,1-6H3,(H2,29,30,35)(H,31,33,34). The summed E-state index contributed by atoms with van der Waals surface area (Å²) in [4.78, 5) is 26.4. The van der Waals surface area contributed by atoms with Gasteiger partial charge in [-0.1, -0.05) is 106 Å². The topological polar surface area (TPSA) is 96.0 Å². The molecule has 0 radical (unpaired) electrons. The van der Waals surface area contributed by atoms with Gasteiger partial charge in [-0.15, -0.1) is 10.2 Å². The smallest absolute Gasteiger partial charge is 0.319 e. The number of para-hydroxylation sites is 1. The number of carbonyl (C=O) groups is 2. The molecule has 9 heteroatoms. The van der Waals surface area contributed by atoms with Gasteiger partial charge in [0.1, 0.15) is 11.0 Å². The van der Waals surface area contributed by atoms with E-state index in [1.807, 2.05) is 56.3 Å². The molecule has 0 aliphatic heterocycles. The zero-order chi connectivity index (χ0) is 26.4. The molecular formula is C27H34BrN5O2S. The average molecular weight is 573 g/mol. The molecule has 3 aromatic rings. The number of amides is 3. The van der Waals surface area contributed by atoms with Crippen LogP contribution in [0.5, 0.6) is 0 Å². The number of anilines is 2. The van der Waals surface area contributed by atoms with Crippen LogP contribution in [0.4, 0.5) is 15.6 Å². The average Bonchev–Trinajstić information content (AvgIpc) is 3.30. The number of rotatable bonds is 9. The lowest BCUT2D eigenvalue weighted by atomic mass is 9.92. The number of carbonyl (C=O) groups excluding carboxylic acids is 2. The lowest BCUT2D eigenvalue weighted by molar-refractivity contribution is -0.119. The molecule has 7 nitrogen and oxygen atoms in total. The van der Waals surface area contributed by atoms with Gasteiger partial charge in [0.05, 0.1) is 0 Å². The van der Waals surface area contributed by atoms with E-state index in [2.05, 4.69) is 69.8 Å². The third-order valence-electron chi connectivity index (χ3n) is 6.12. The molecule has 0 bridgehead atoms. The van der Waals surface area contributed by atoms with Crippen molar-refractivity contribution < 1.29 is 9.59 Å². The van der Waals surface area contributed by atoms with E-state index in [0.29, 0.717) is 10.1 Å². The number of hydrogen-bond donors (Lipinski definition) is 3. The summed E-state index contributed by atoms with van der Waals surface area (Å²) in [6.07, 6.45) is 0.720. The van der Waals surface area contributed by atoms with Gasteiger partial charge in [0.25, 0.3) is 0 Å². The van der Waals surface area contributed by atoms with Gasteiger partial charge in [0.15, 0.2) is 0 Å². The molecule has 0 aliphatic carbocycles. The second-order valence-corrected chi connectivity index (χ2v) is 11.4. The number of benzene rings is 2. The zero-order valence-electron chi connectivity index (χ0n) is 21.6. The highest BCUT2D eigenvalue weighted by Crippen LogP contribution is 2.32. The van der Waals surface area contributed by atoms with Crippen LogP contribution >= 0.6 is 27.3 Å². The number of aromatic nitrogens is 2. The van der Waals surface area contributed by atoms with Crippen molar-refractivity contribution in [2.75, 3.05) is 10.6 Å². The van der Waals surface area contributed by atoms with Crippen molar-refractivity contribution in [3.8, 4) is 10.6 Å². The van der Waals surface area contributed by atoms with Crippen molar-refractivity contribution in [2.24, 2.45) is 5.92 Å².